The van der Waals surface area contributed by atoms with Crippen LogP contribution in [0.2, 0.25) is 0 Å². The van der Waals surface area contributed by atoms with Gasteiger partial charge in [-0.05, 0) is 57.2 Å². The lowest BCUT2D eigenvalue weighted by Gasteiger charge is -2.14. The minimum absolute atomic E-state index is 0.0582. The quantitative estimate of drug-likeness (QED) is 0.463. The van der Waals surface area contributed by atoms with E-state index >= 15 is 0 Å². The molecule has 1 N–H and O–H groups in total. The molecule has 0 fully saturated rings. The highest BCUT2D eigenvalue weighted by atomic mass is 32.2. The fraction of sp³-hybridized carbons (Fsp3) is 0.200. The number of nitrogens with zero attached hydrogens (tertiary/aromatic N) is 2. The minimum Gasteiger partial charge on any atom is -0.321 e. The smallest absolute Gasteiger partial charge is 0.321 e. The molecule has 7 nitrogen and oxygen atoms in total. The topological polar surface area (TPSA) is 90.2 Å². The maximum absolute atomic E-state index is 13.6. The normalized spacial score (nSPS) is 11.6. The van der Waals surface area contributed by atoms with Gasteiger partial charge in [-0.2, -0.15) is 0 Å². The van der Waals surface area contributed by atoms with Crippen LogP contribution in [0.1, 0.15) is 29.8 Å². The molecule has 0 saturated heterocycles. The second kappa shape index (κ2) is 8.71. The van der Waals surface area contributed by atoms with Crippen molar-refractivity contribution in [3.8, 4) is 0 Å². The van der Waals surface area contributed by atoms with Gasteiger partial charge in [0.05, 0.1) is 26.5 Å². The van der Waals surface area contributed by atoms with E-state index in [0.29, 0.717) is 29.7 Å². The number of amides is 1. The molecule has 3 aromatic carbocycles. The van der Waals surface area contributed by atoms with Crippen LogP contribution < -0.4 is 11.0 Å². The van der Waals surface area contributed by atoms with Gasteiger partial charge in [-0.3, -0.25) is 13.9 Å². The lowest BCUT2D eigenvalue weighted by Crippen LogP contribution is -2.23. The van der Waals surface area contributed by atoms with Crippen LogP contribution in [0, 0.1) is 6.92 Å². The number of fused-ring (bicyclic) bond motifs is 1. The molecule has 0 saturated carbocycles. The number of hydrogen-bond acceptors (Lipinski definition) is 4. The van der Waals surface area contributed by atoms with Crippen molar-refractivity contribution in [2.24, 2.45) is 0 Å². The Kier molecular flexibility index (Phi) is 5.95. The largest absolute Gasteiger partial charge is 0.329 e. The summed E-state index contributed by atoms with van der Waals surface area (Å²) in [6, 6.07) is 18.1. The summed E-state index contributed by atoms with van der Waals surface area (Å²) in [5.74, 6) is -0.431. The van der Waals surface area contributed by atoms with Crippen molar-refractivity contribution in [1.29, 1.82) is 0 Å². The molecule has 0 aliphatic rings. The van der Waals surface area contributed by atoms with Gasteiger partial charge in [0.15, 0.2) is 0 Å². The number of imidazole rings is 1. The first kappa shape index (κ1) is 22.5. The number of rotatable bonds is 6. The number of anilines is 1. The van der Waals surface area contributed by atoms with Gasteiger partial charge in [0.25, 0.3) is 5.91 Å². The highest BCUT2D eigenvalue weighted by Crippen LogP contribution is 2.32. The SMILES string of the molecule is CCn1c(=O)n(CC)c2cc(S(=O)(=O)c3ccccc3)c(NC(=O)c3ccc(C)cc3)cc21. The van der Waals surface area contributed by atoms with Gasteiger partial charge in [-0.15, -0.1) is 0 Å². The van der Waals surface area contributed by atoms with Crippen molar-refractivity contribution in [3.05, 3.63) is 88.3 Å². The molecule has 33 heavy (non-hydrogen) atoms. The third-order valence-electron chi connectivity index (χ3n) is 5.66. The Labute approximate surface area is 192 Å². The standard InChI is InChI=1S/C25H25N3O4S/c1-4-27-21-15-20(26-24(29)18-13-11-17(3)12-14-18)23(16-22(21)28(5-2)25(27)30)33(31,32)19-9-7-6-8-10-19/h6-16H,4-5H2,1-3H3,(H,26,29). The molecule has 1 heterocycles. The lowest BCUT2D eigenvalue weighted by molar-refractivity contribution is 0.102. The van der Waals surface area contributed by atoms with E-state index in [1.807, 2.05) is 32.9 Å². The van der Waals surface area contributed by atoms with Gasteiger partial charge in [0.2, 0.25) is 9.84 Å². The minimum atomic E-state index is -3.97. The lowest BCUT2D eigenvalue weighted by atomic mass is 10.1. The molecule has 0 atom stereocenters. The molecular weight excluding hydrogens is 438 g/mol. The predicted molar refractivity (Wildman–Crippen MR) is 129 cm³/mol. The number of sulfone groups is 1. The molecule has 8 heteroatoms. The summed E-state index contributed by atoms with van der Waals surface area (Å²) in [5.41, 5.74) is 2.39. The fourth-order valence-corrected chi connectivity index (χ4v) is 5.33. The molecule has 0 aliphatic carbocycles. The third-order valence-corrected chi connectivity index (χ3v) is 7.47. The highest BCUT2D eigenvalue weighted by molar-refractivity contribution is 7.91. The fourth-order valence-electron chi connectivity index (χ4n) is 3.90. The van der Waals surface area contributed by atoms with Crippen molar-refractivity contribution in [2.75, 3.05) is 5.32 Å². The Bertz CT molecular complexity index is 1500. The van der Waals surface area contributed by atoms with Crippen LogP contribution in [-0.2, 0) is 22.9 Å². The van der Waals surface area contributed by atoms with Crippen LogP contribution in [0.5, 0.6) is 0 Å². The van der Waals surface area contributed by atoms with E-state index in [1.165, 1.54) is 22.8 Å². The van der Waals surface area contributed by atoms with Crippen molar-refractivity contribution in [1.82, 2.24) is 9.13 Å². The molecular formula is C25H25N3O4S. The number of aryl methyl sites for hydroxylation is 3. The van der Waals surface area contributed by atoms with Crippen molar-refractivity contribution < 1.29 is 13.2 Å². The van der Waals surface area contributed by atoms with Crippen molar-refractivity contribution >= 4 is 32.5 Å². The van der Waals surface area contributed by atoms with E-state index in [0.717, 1.165) is 5.56 Å². The zero-order valence-electron chi connectivity index (χ0n) is 18.7. The van der Waals surface area contributed by atoms with E-state index < -0.39 is 15.7 Å². The number of aromatic nitrogens is 2. The van der Waals surface area contributed by atoms with Gasteiger partial charge < -0.3 is 5.32 Å². The Morgan fingerprint density at radius 2 is 1.45 bits per heavy atom. The van der Waals surface area contributed by atoms with Gasteiger partial charge >= 0.3 is 5.69 Å². The number of benzene rings is 3. The van der Waals surface area contributed by atoms with Crippen LogP contribution in [0.3, 0.4) is 0 Å². The maximum atomic E-state index is 13.6. The summed E-state index contributed by atoms with van der Waals surface area (Å²) in [5, 5.41) is 2.77. The van der Waals surface area contributed by atoms with Crippen molar-refractivity contribution in [2.45, 2.75) is 43.7 Å². The van der Waals surface area contributed by atoms with E-state index in [9.17, 15) is 18.0 Å². The van der Waals surface area contributed by atoms with Gasteiger partial charge in [-0.1, -0.05) is 35.9 Å². The maximum Gasteiger partial charge on any atom is 0.329 e. The second-order valence-electron chi connectivity index (χ2n) is 7.74. The Balaban J connectivity index is 1.96. The monoisotopic (exact) mass is 463 g/mol. The number of hydrogen-bond donors (Lipinski definition) is 1. The Morgan fingerprint density at radius 3 is 2.03 bits per heavy atom. The summed E-state index contributed by atoms with van der Waals surface area (Å²) in [6.07, 6.45) is 0. The summed E-state index contributed by atoms with van der Waals surface area (Å²) < 4.78 is 30.3. The van der Waals surface area contributed by atoms with Crippen LogP contribution >= 0.6 is 0 Å². The van der Waals surface area contributed by atoms with Gasteiger partial charge in [-0.25, -0.2) is 13.2 Å². The van der Waals surface area contributed by atoms with Gasteiger partial charge in [0.1, 0.15) is 0 Å². The molecule has 0 spiro atoms. The highest BCUT2D eigenvalue weighted by Gasteiger charge is 2.26. The van der Waals surface area contributed by atoms with E-state index in [2.05, 4.69) is 5.32 Å². The first-order valence-corrected chi connectivity index (χ1v) is 12.2. The molecule has 170 valence electrons. The van der Waals surface area contributed by atoms with Gasteiger partial charge in [0, 0.05) is 18.7 Å². The van der Waals surface area contributed by atoms with Crippen LogP contribution in [0.4, 0.5) is 5.69 Å². The van der Waals surface area contributed by atoms with E-state index in [1.54, 1.807) is 41.0 Å². The molecule has 4 aromatic rings. The average Bonchev–Trinajstić information content (AvgIpc) is 3.08. The van der Waals surface area contributed by atoms with Crippen LogP contribution in [0.25, 0.3) is 11.0 Å². The average molecular weight is 464 g/mol. The van der Waals surface area contributed by atoms with E-state index in [4.69, 9.17) is 0 Å². The van der Waals surface area contributed by atoms with Crippen LogP contribution in [-0.4, -0.2) is 23.5 Å². The third kappa shape index (κ3) is 3.98. The first-order valence-electron chi connectivity index (χ1n) is 10.7. The number of carbonyl (C=O) groups excluding carboxylic acids is 1. The molecule has 0 unspecified atom stereocenters. The zero-order valence-corrected chi connectivity index (χ0v) is 19.5. The molecule has 0 aliphatic heterocycles. The Hall–Kier alpha value is -3.65. The number of carbonyl (C=O) groups is 1. The first-order chi connectivity index (χ1) is 15.8. The summed E-state index contributed by atoms with van der Waals surface area (Å²) in [4.78, 5) is 25.9. The summed E-state index contributed by atoms with van der Waals surface area (Å²) in [7, 11) is -3.97. The Morgan fingerprint density at radius 1 is 0.879 bits per heavy atom. The summed E-state index contributed by atoms with van der Waals surface area (Å²) in [6.45, 7) is 6.41. The molecule has 1 amide bonds. The zero-order chi connectivity index (χ0) is 23.8. The molecule has 4 rings (SSSR count). The molecule has 1 aromatic heterocycles. The van der Waals surface area contributed by atoms with E-state index in [-0.39, 0.29) is 21.2 Å². The summed E-state index contributed by atoms with van der Waals surface area (Å²) >= 11 is 0. The van der Waals surface area contributed by atoms with Crippen molar-refractivity contribution in [3.63, 3.8) is 0 Å². The molecule has 0 radical (unpaired) electrons. The van der Waals surface area contributed by atoms with Crippen LogP contribution in [0.15, 0.2) is 81.3 Å². The number of nitrogens with one attached hydrogen (secondary N) is 1. The predicted octanol–water partition coefficient (Wildman–Crippen LogP) is 4.24. The molecule has 0 bridgehead atoms. The second-order valence-corrected chi connectivity index (χ2v) is 9.66.